The summed E-state index contributed by atoms with van der Waals surface area (Å²) in [5.74, 6) is 0.263. The van der Waals surface area contributed by atoms with Gasteiger partial charge in [0.25, 0.3) is 5.91 Å². The maximum Gasteiger partial charge on any atom is 0.253 e. The van der Waals surface area contributed by atoms with Gasteiger partial charge >= 0.3 is 0 Å². The molecule has 1 aliphatic carbocycles. The fourth-order valence-electron chi connectivity index (χ4n) is 6.16. The van der Waals surface area contributed by atoms with Gasteiger partial charge in [0.1, 0.15) is 6.04 Å². The van der Waals surface area contributed by atoms with Crippen LogP contribution in [0.1, 0.15) is 48.1 Å². The van der Waals surface area contributed by atoms with Crippen molar-refractivity contribution >= 4 is 17.7 Å². The monoisotopic (exact) mass is 464 g/mol. The number of nitrogens with two attached hydrogens (primary N) is 1. The lowest BCUT2D eigenvalue weighted by Gasteiger charge is -2.38. The highest BCUT2D eigenvalue weighted by atomic mass is 16.2. The average Bonchev–Trinajstić information content (AvgIpc) is 3.15. The van der Waals surface area contributed by atoms with Crippen molar-refractivity contribution in [3.63, 3.8) is 0 Å². The molecule has 0 spiro atoms. The zero-order valence-electron chi connectivity index (χ0n) is 19.9. The summed E-state index contributed by atoms with van der Waals surface area (Å²) in [6.45, 7) is 3.00. The zero-order chi connectivity index (χ0) is 24.3. The second kappa shape index (κ2) is 8.36. The number of nitrogens with zero attached hydrogens (tertiary/aromatic N) is 5. The first-order chi connectivity index (χ1) is 16.2. The van der Waals surface area contributed by atoms with Crippen LogP contribution in [-0.4, -0.2) is 94.7 Å². The lowest BCUT2D eigenvalue weighted by atomic mass is 10.0. The maximum atomic E-state index is 13.3. The number of benzene rings is 1. The fraction of sp³-hybridized carbons (Fsp3) is 0.600. The van der Waals surface area contributed by atoms with Crippen LogP contribution in [0.2, 0.25) is 0 Å². The van der Waals surface area contributed by atoms with Crippen LogP contribution in [0, 0.1) is 17.2 Å². The number of fused-ring (bicyclic) bond motifs is 3. The van der Waals surface area contributed by atoms with E-state index in [9.17, 15) is 19.6 Å². The topological polar surface area (TPSA) is 114 Å². The summed E-state index contributed by atoms with van der Waals surface area (Å²) in [4.78, 5) is 45.9. The molecule has 4 aliphatic rings. The van der Waals surface area contributed by atoms with Crippen molar-refractivity contribution in [1.29, 1.82) is 5.26 Å². The molecule has 9 nitrogen and oxygen atoms in total. The molecule has 3 saturated heterocycles. The number of piperazine rings is 1. The Balaban J connectivity index is 1.24. The number of amides is 3. The number of hydrogen-bond acceptors (Lipinski definition) is 6. The van der Waals surface area contributed by atoms with E-state index in [1.165, 1.54) is 0 Å². The van der Waals surface area contributed by atoms with Crippen molar-refractivity contribution in [3.8, 4) is 6.07 Å². The smallest absolute Gasteiger partial charge is 0.253 e. The SMILES string of the molecule is C[C@@H](c1cccc(C(=O)N(C)C)c1)N1C(=O)[C@H]2C[C@@H]1CN2C[C@H](N)C(=O)N1[C@H](C#N)CC2C[C@@H]21. The molecule has 1 saturated carbocycles. The normalized spacial score (nSPS) is 31.3. The van der Waals surface area contributed by atoms with Crippen molar-refractivity contribution in [2.75, 3.05) is 27.2 Å². The summed E-state index contributed by atoms with van der Waals surface area (Å²) in [6, 6.07) is 8.39. The minimum Gasteiger partial charge on any atom is -0.345 e. The number of nitriles is 1. The third-order valence-electron chi connectivity index (χ3n) is 8.01. The van der Waals surface area contributed by atoms with Gasteiger partial charge in [-0.2, -0.15) is 5.26 Å². The Morgan fingerprint density at radius 3 is 2.71 bits per heavy atom. The second-order valence-electron chi connectivity index (χ2n) is 10.4. The van der Waals surface area contributed by atoms with Gasteiger partial charge in [0, 0.05) is 44.8 Å². The molecule has 5 rings (SSSR count). The first-order valence-corrected chi connectivity index (χ1v) is 12.1. The molecule has 1 aromatic carbocycles. The van der Waals surface area contributed by atoms with Crippen LogP contribution in [0.5, 0.6) is 0 Å². The number of hydrogen-bond donors (Lipinski definition) is 1. The number of likely N-dealkylation sites (tertiary alicyclic amines) is 3. The van der Waals surface area contributed by atoms with E-state index < -0.39 is 6.04 Å². The minimum absolute atomic E-state index is 0.0473. The van der Waals surface area contributed by atoms with Crippen LogP contribution in [0.3, 0.4) is 0 Å². The Kier molecular flexibility index (Phi) is 5.61. The van der Waals surface area contributed by atoms with Crippen LogP contribution < -0.4 is 5.73 Å². The molecule has 180 valence electrons. The van der Waals surface area contributed by atoms with Gasteiger partial charge in [-0.1, -0.05) is 12.1 Å². The predicted octanol–water partition coefficient (Wildman–Crippen LogP) is 0.575. The molecule has 2 N–H and O–H groups in total. The van der Waals surface area contributed by atoms with Gasteiger partial charge < -0.3 is 20.4 Å². The van der Waals surface area contributed by atoms with Crippen LogP contribution >= 0.6 is 0 Å². The second-order valence-corrected chi connectivity index (χ2v) is 10.4. The molecule has 1 unspecified atom stereocenters. The highest BCUT2D eigenvalue weighted by Crippen LogP contribution is 2.48. The van der Waals surface area contributed by atoms with Gasteiger partial charge in [-0.05, 0) is 49.8 Å². The Hall–Kier alpha value is -2.96. The Morgan fingerprint density at radius 2 is 2.03 bits per heavy atom. The summed E-state index contributed by atoms with van der Waals surface area (Å²) in [5, 5.41) is 9.39. The van der Waals surface area contributed by atoms with Crippen LogP contribution in [0.15, 0.2) is 24.3 Å². The fourth-order valence-corrected chi connectivity index (χ4v) is 6.16. The Labute approximate surface area is 200 Å². The zero-order valence-corrected chi connectivity index (χ0v) is 19.9. The molecule has 3 amide bonds. The molecular formula is C25H32N6O3. The lowest BCUT2D eigenvalue weighted by Crippen LogP contribution is -2.57. The van der Waals surface area contributed by atoms with Gasteiger partial charge in [-0.15, -0.1) is 0 Å². The number of carbonyl (C=O) groups excluding carboxylic acids is 3. The standard InChI is InChI=1S/C25H32N6O3/c1-14(15-5-4-6-16(7-15)23(32)28(2)3)30-19-10-22(25(30)34)29(12-19)13-20(27)24(33)31-18(11-26)8-17-9-21(17)31/h4-7,14,17-22H,8-10,12-13,27H2,1-3H3/t14-,17?,18-,19+,20-,21-,22+/m0/s1. The van der Waals surface area contributed by atoms with E-state index in [4.69, 9.17) is 5.73 Å². The molecule has 4 fully saturated rings. The number of rotatable bonds is 6. The van der Waals surface area contributed by atoms with E-state index in [1.807, 2.05) is 34.9 Å². The predicted molar refractivity (Wildman–Crippen MR) is 124 cm³/mol. The van der Waals surface area contributed by atoms with Gasteiger partial charge in [-0.25, -0.2) is 0 Å². The van der Waals surface area contributed by atoms with Gasteiger partial charge in [0.15, 0.2) is 0 Å². The largest absolute Gasteiger partial charge is 0.345 e. The minimum atomic E-state index is -0.734. The molecule has 3 aliphatic heterocycles. The highest BCUT2D eigenvalue weighted by Gasteiger charge is 2.56. The van der Waals surface area contributed by atoms with Crippen LogP contribution in [0.4, 0.5) is 0 Å². The van der Waals surface area contributed by atoms with Crippen LogP contribution in [0.25, 0.3) is 0 Å². The number of piperidine rings is 1. The molecule has 3 heterocycles. The summed E-state index contributed by atoms with van der Waals surface area (Å²) in [6.07, 6.45) is 2.44. The van der Waals surface area contributed by atoms with Gasteiger partial charge in [0.2, 0.25) is 11.8 Å². The molecule has 0 aromatic heterocycles. The first kappa shape index (κ1) is 22.8. The molecule has 9 heteroatoms. The maximum absolute atomic E-state index is 13.3. The molecule has 2 bridgehead atoms. The van der Waals surface area contributed by atoms with Crippen molar-refractivity contribution < 1.29 is 14.4 Å². The Bertz CT molecular complexity index is 1070. The summed E-state index contributed by atoms with van der Waals surface area (Å²) in [7, 11) is 3.44. The van der Waals surface area contributed by atoms with Gasteiger partial charge in [0.05, 0.1) is 24.2 Å². The Morgan fingerprint density at radius 1 is 1.26 bits per heavy atom. The van der Waals surface area contributed by atoms with E-state index in [0.717, 1.165) is 24.8 Å². The van der Waals surface area contributed by atoms with E-state index >= 15 is 0 Å². The van der Waals surface area contributed by atoms with Crippen molar-refractivity contribution in [1.82, 2.24) is 19.6 Å². The average molecular weight is 465 g/mol. The third-order valence-corrected chi connectivity index (χ3v) is 8.01. The van der Waals surface area contributed by atoms with E-state index in [1.54, 1.807) is 30.0 Å². The molecule has 34 heavy (non-hydrogen) atoms. The number of carbonyl (C=O) groups is 3. The summed E-state index contributed by atoms with van der Waals surface area (Å²) < 4.78 is 0. The lowest BCUT2D eigenvalue weighted by molar-refractivity contribution is -0.141. The van der Waals surface area contributed by atoms with Crippen molar-refractivity contribution in [3.05, 3.63) is 35.4 Å². The van der Waals surface area contributed by atoms with Crippen LogP contribution in [-0.2, 0) is 9.59 Å². The van der Waals surface area contributed by atoms with E-state index in [0.29, 0.717) is 24.6 Å². The van der Waals surface area contributed by atoms with Crippen molar-refractivity contribution in [2.45, 2.75) is 62.4 Å². The third kappa shape index (κ3) is 3.65. The summed E-state index contributed by atoms with van der Waals surface area (Å²) >= 11 is 0. The molecule has 7 atom stereocenters. The quantitative estimate of drug-likeness (QED) is 0.659. The molecule has 1 aromatic rings. The summed E-state index contributed by atoms with van der Waals surface area (Å²) in [5.41, 5.74) is 7.84. The molecule has 0 radical (unpaired) electrons. The van der Waals surface area contributed by atoms with Crippen molar-refractivity contribution in [2.24, 2.45) is 11.7 Å². The highest BCUT2D eigenvalue weighted by molar-refractivity contribution is 5.94. The van der Waals surface area contributed by atoms with E-state index in [2.05, 4.69) is 6.07 Å². The van der Waals surface area contributed by atoms with Gasteiger partial charge in [-0.3, -0.25) is 19.3 Å². The molecular weight excluding hydrogens is 432 g/mol. The first-order valence-electron chi connectivity index (χ1n) is 12.1. The van der Waals surface area contributed by atoms with E-state index in [-0.39, 0.29) is 47.9 Å².